The first kappa shape index (κ1) is 13.7. The number of carbonyl (C=O) groups excluding carboxylic acids is 1. The smallest absolute Gasteiger partial charge is 0.295 e. The van der Waals surface area contributed by atoms with Gasteiger partial charge in [-0.15, -0.1) is 0 Å². The Morgan fingerprint density at radius 2 is 1.90 bits per heavy atom. The number of carbonyl (C=O) groups is 1. The first-order chi connectivity index (χ1) is 10.0. The van der Waals surface area contributed by atoms with E-state index in [1.807, 2.05) is 51.2 Å². The number of para-hydroxylation sites is 1. The highest BCUT2D eigenvalue weighted by atomic mass is 16.2. The highest BCUT2D eigenvalue weighted by Gasteiger charge is 2.39. The Balaban J connectivity index is 2.00. The van der Waals surface area contributed by atoms with E-state index in [2.05, 4.69) is 5.32 Å². The maximum atomic E-state index is 12.6. The van der Waals surface area contributed by atoms with Crippen molar-refractivity contribution in [3.63, 3.8) is 0 Å². The lowest BCUT2D eigenvalue weighted by Crippen LogP contribution is -2.23. The van der Waals surface area contributed by atoms with Crippen LogP contribution in [0.5, 0.6) is 0 Å². The van der Waals surface area contributed by atoms with Gasteiger partial charge < -0.3 is 5.32 Å². The fourth-order valence-corrected chi connectivity index (χ4v) is 2.62. The molecule has 110 valence electrons. The van der Waals surface area contributed by atoms with Crippen LogP contribution in [0.15, 0.2) is 35.1 Å². The summed E-state index contributed by atoms with van der Waals surface area (Å²) in [6.07, 6.45) is 0.907. The Kier molecular flexibility index (Phi) is 3.20. The number of anilines is 1. The SMILES string of the molecule is Cc1c(NC(=O)[C@@H]2C[C@H]2C)c(=O)n(-c2ccccc2)n1C. The fourth-order valence-electron chi connectivity index (χ4n) is 2.62. The van der Waals surface area contributed by atoms with E-state index in [1.54, 1.807) is 9.36 Å². The Hall–Kier alpha value is -2.30. The average molecular weight is 285 g/mol. The zero-order valence-corrected chi connectivity index (χ0v) is 12.5. The minimum absolute atomic E-state index is 0.0477. The summed E-state index contributed by atoms with van der Waals surface area (Å²) >= 11 is 0. The number of hydrogen-bond acceptors (Lipinski definition) is 2. The lowest BCUT2D eigenvalue weighted by molar-refractivity contribution is -0.117. The molecule has 1 N–H and O–H groups in total. The van der Waals surface area contributed by atoms with Gasteiger partial charge in [-0.25, -0.2) is 4.68 Å². The van der Waals surface area contributed by atoms with Gasteiger partial charge in [-0.3, -0.25) is 14.3 Å². The maximum Gasteiger partial charge on any atom is 0.295 e. The summed E-state index contributed by atoms with van der Waals surface area (Å²) in [5, 5.41) is 2.81. The van der Waals surface area contributed by atoms with E-state index in [0.29, 0.717) is 11.6 Å². The Labute approximate surface area is 123 Å². The molecule has 1 fully saturated rings. The zero-order valence-electron chi connectivity index (χ0n) is 12.5. The third-order valence-corrected chi connectivity index (χ3v) is 4.25. The highest BCUT2D eigenvalue weighted by molar-refractivity contribution is 5.94. The van der Waals surface area contributed by atoms with Gasteiger partial charge in [-0.05, 0) is 31.4 Å². The molecule has 5 nitrogen and oxygen atoms in total. The molecule has 1 aromatic carbocycles. The predicted molar refractivity (Wildman–Crippen MR) is 81.6 cm³/mol. The summed E-state index contributed by atoms with van der Waals surface area (Å²) in [4.78, 5) is 24.7. The van der Waals surface area contributed by atoms with E-state index in [4.69, 9.17) is 0 Å². The summed E-state index contributed by atoms with van der Waals surface area (Å²) in [7, 11) is 1.82. The van der Waals surface area contributed by atoms with Crippen LogP contribution in [-0.4, -0.2) is 15.3 Å². The summed E-state index contributed by atoms with van der Waals surface area (Å²) in [6.45, 7) is 3.89. The third-order valence-electron chi connectivity index (χ3n) is 4.25. The number of nitrogens with one attached hydrogen (secondary N) is 1. The topological polar surface area (TPSA) is 56.0 Å². The monoisotopic (exact) mass is 285 g/mol. The Morgan fingerprint density at radius 1 is 1.29 bits per heavy atom. The van der Waals surface area contributed by atoms with Gasteiger partial charge in [-0.2, -0.15) is 0 Å². The second kappa shape index (κ2) is 4.91. The first-order valence-electron chi connectivity index (χ1n) is 7.15. The van der Waals surface area contributed by atoms with Gasteiger partial charge >= 0.3 is 0 Å². The predicted octanol–water partition coefficient (Wildman–Crippen LogP) is 2.08. The number of nitrogens with zero attached hydrogens (tertiary/aromatic N) is 2. The van der Waals surface area contributed by atoms with E-state index in [-0.39, 0.29) is 17.4 Å². The van der Waals surface area contributed by atoms with Crippen LogP contribution in [0.4, 0.5) is 5.69 Å². The van der Waals surface area contributed by atoms with Crippen molar-refractivity contribution in [2.24, 2.45) is 18.9 Å². The third kappa shape index (κ3) is 2.28. The fraction of sp³-hybridized carbons (Fsp3) is 0.375. The van der Waals surface area contributed by atoms with E-state index in [9.17, 15) is 9.59 Å². The van der Waals surface area contributed by atoms with Gasteiger partial charge in [0, 0.05) is 13.0 Å². The molecule has 1 aromatic heterocycles. The molecule has 5 heteroatoms. The van der Waals surface area contributed by atoms with Crippen molar-refractivity contribution in [1.29, 1.82) is 0 Å². The molecular weight excluding hydrogens is 266 g/mol. The van der Waals surface area contributed by atoms with Gasteiger partial charge in [0.05, 0.1) is 11.4 Å². The number of hydrogen-bond donors (Lipinski definition) is 1. The number of rotatable bonds is 3. The van der Waals surface area contributed by atoms with Crippen LogP contribution in [0, 0.1) is 18.8 Å². The molecular formula is C16H19N3O2. The van der Waals surface area contributed by atoms with Crippen LogP contribution in [0.25, 0.3) is 5.69 Å². The number of benzene rings is 1. The van der Waals surface area contributed by atoms with Crippen molar-refractivity contribution in [2.45, 2.75) is 20.3 Å². The molecule has 1 aliphatic rings. The van der Waals surface area contributed by atoms with Gasteiger partial charge in [0.25, 0.3) is 5.56 Å². The molecule has 0 bridgehead atoms. The van der Waals surface area contributed by atoms with Crippen molar-refractivity contribution in [3.05, 3.63) is 46.4 Å². The molecule has 1 saturated carbocycles. The molecule has 0 radical (unpaired) electrons. The van der Waals surface area contributed by atoms with Crippen molar-refractivity contribution in [3.8, 4) is 5.69 Å². The molecule has 21 heavy (non-hydrogen) atoms. The molecule has 1 aliphatic carbocycles. The molecule has 1 heterocycles. The first-order valence-corrected chi connectivity index (χ1v) is 7.15. The highest BCUT2D eigenvalue weighted by Crippen LogP contribution is 2.38. The minimum Gasteiger partial charge on any atom is -0.320 e. The Morgan fingerprint density at radius 3 is 2.48 bits per heavy atom. The van der Waals surface area contributed by atoms with Crippen LogP contribution in [0.1, 0.15) is 19.0 Å². The van der Waals surface area contributed by atoms with Crippen molar-refractivity contribution >= 4 is 11.6 Å². The molecule has 0 unspecified atom stereocenters. The van der Waals surface area contributed by atoms with Gasteiger partial charge in [0.15, 0.2) is 0 Å². The van der Waals surface area contributed by atoms with Crippen LogP contribution >= 0.6 is 0 Å². The summed E-state index contributed by atoms with van der Waals surface area (Å²) in [6, 6.07) is 9.41. The number of amides is 1. The van der Waals surface area contributed by atoms with E-state index < -0.39 is 0 Å². The van der Waals surface area contributed by atoms with Crippen molar-refractivity contribution in [1.82, 2.24) is 9.36 Å². The van der Waals surface area contributed by atoms with E-state index in [0.717, 1.165) is 17.8 Å². The standard InChI is InChI=1S/C16H19N3O2/c1-10-9-13(10)15(20)17-14-11(2)18(3)19(16(14)21)12-7-5-4-6-8-12/h4-8,10,13H,9H2,1-3H3,(H,17,20)/t10-,13-/m1/s1. The van der Waals surface area contributed by atoms with Gasteiger partial charge in [0.1, 0.15) is 5.69 Å². The lowest BCUT2D eigenvalue weighted by Gasteiger charge is -2.07. The lowest BCUT2D eigenvalue weighted by atomic mass is 10.3. The van der Waals surface area contributed by atoms with Crippen LogP contribution < -0.4 is 10.9 Å². The minimum atomic E-state index is -0.192. The maximum absolute atomic E-state index is 12.6. The van der Waals surface area contributed by atoms with E-state index in [1.165, 1.54) is 0 Å². The molecule has 0 saturated heterocycles. The summed E-state index contributed by atoms with van der Waals surface area (Å²) < 4.78 is 3.34. The summed E-state index contributed by atoms with van der Waals surface area (Å²) in [5.41, 5.74) is 1.73. The Bertz CT molecular complexity index is 743. The second-order valence-corrected chi connectivity index (χ2v) is 5.75. The van der Waals surface area contributed by atoms with Crippen molar-refractivity contribution < 1.29 is 4.79 Å². The summed E-state index contributed by atoms with van der Waals surface area (Å²) in [5.74, 6) is 0.424. The zero-order chi connectivity index (χ0) is 15.1. The molecule has 0 spiro atoms. The quantitative estimate of drug-likeness (QED) is 0.938. The molecule has 1 amide bonds. The normalized spacial score (nSPS) is 20.3. The molecule has 3 rings (SSSR count). The van der Waals surface area contributed by atoms with Crippen molar-refractivity contribution in [2.75, 3.05) is 5.32 Å². The van der Waals surface area contributed by atoms with Gasteiger partial charge in [0.2, 0.25) is 5.91 Å². The van der Waals surface area contributed by atoms with Crippen LogP contribution in [-0.2, 0) is 11.8 Å². The largest absolute Gasteiger partial charge is 0.320 e. The molecule has 2 atom stereocenters. The second-order valence-electron chi connectivity index (χ2n) is 5.75. The molecule has 2 aromatic rings. The number of aromatic nitrogens is 2. The van der Waals surface area contributed by atoms with E-state index >= 15 is 0 Å². The average Bonchev–Trinajstić information content (AvgIpc) is 3.17. The van der Waals surface area contributed by atoms with Crippen LogP contribution in [0.2, 0.25) is 0 Å². The van der Waals surface area contributed by atoms with Gasteiger partial charge in [-0.1, -0.05) is 25.1 Å². The molecule has 0 aliphatic heterocycles. The van der Waals surface area contributed by atoms with Crippen LogP contribution in [0.3, 0.4) is 0 Å².